The second kappa shape index (κ2) is 8.03. The molecule has 5 N–H and O–H groups in total. The van der Waals surface area contributed by atoms with E-state index in [0.717, 1.165) is 34.8 Å². The van der Waals surface area contributed by atoms with E-state index in [1.165, 1.54) is 5.56 Å². The Hall–Kier alpha value is -3.23. The first-order valence-corrected chi connectivity index (χ1v) is 11.5. The van der Waals surface area contributed by atoms with Crippen molar-refractivity contribution in [1.82, 2.24) is 9.88 Å². The van der Waals surface area contributed by atoms with Gasteiger partial charge in [0.1, 0.15) is 5.01 Å². The molecule has 164 valence electrons. The molecule has 1 aliphatic carbocycles. The van der Waals surface area contributed by atoms with Crippen molar-refractivity contribution < 1.29 is 9.59 Å². The number of nitrogens with zero attached hydrogens (tertiary/aromatic N) is 2. The lowest BCUT2D eigenvalue weighted by atomic mass is 9.95. The first-order valence-electron chi connectivity index (χ1n) is 10.7. The van der Waals surface area contributed by atoms with Crippen LogP contribution in [0.4, 0.5) is 11.4 Å². The van der Waals surface area contributed by atoms with E-state index in [0.29, 0.717) is 30.0 Å². The molecule has 0 atom stereocenters. The lowest BCUT2D eigenvalue weighted by molar-refractivity contribution is -0.130. The second-order valence-electron chi connectivity index (χ2n) is 8.36. The van der Waals surface area contributed by atoms with Crippen LogP contribution in [-0.4, -0.2) is 34.8 Å². The zero-order valence-electron chi connectivity index (χ0n) is 17.6. The van der Waals surface area contributed by atoms with Gasteiger partial charge in [0.05, 0.1) is 30.2 Å². The summed E-state index contributed by atoms with van der Waals surface area (Å²) in [7, 11) is 0. The number of nitrogen functional groups attached to an aromatic ring is 1. The molecule has 2 aromatic carbocycles. The van der Waals surface area contributed by atoms with Crippen LogP contribution in [0.5, 0.6) is 0 Å². The fourth-order valence-electron chi connectivity index (χ4n) is 4.24. The fourth-order valence-corrected chi connectivity index (χ4v) is 5.63. The molecule has 8 heteroatoms. The molecule has 2 heterocycles. The zero-order valence-corrected chi connectivity index (χ0v) is 18.5. The van der Waals surface area contributed by atoms with Gasteiger partial charge >= 0.3 is 0 Å². The van der Waals surface area contributed by atoms with Crippen molar-refractivity contribution in [2.24, 2.45) is 5.73 Å². The molecule has 1 fully saturated rings. The highest BCUT2D eigenvalue weighted by Gasteiger charge is 2.49. The first-order chi connectivity index (χ1) is 15.5. The van der Waals surface area contributed by atoms with Crippen LogP contribution in [0, 0.1) is 0 Å². The van der Waals surface area contributed by atoms with Crippen LogP contribution in [0.2, 0.25) is 0 Å². The van der Waals surface area contributed by atoms with Gasteiger partial charge in [-0.25, -0.2) is 4.98 Å². The molecule has 3 aromatic rings. The minimum absolute atomic E-state index is 0.0159. The van der Waals surface area contributed by atoms with Crippen molar-refractivity contribution in [2.45, 2.75) is 31.2 Å². The standard InChI is InChI=1S/C24H25N5O2S/c25-13-21(30)29-12-9-19-20(14-29)32-23(28-19)24(10-11-24)16-7-5-15(6-8-16)22(31)27-18-4-2-1-3-17(18)26/h1-8H,9-14,25-26H2,(H,27,31). The number of fused-ring (bicyclic) bond motifs is 1. The summed E-state index contributed by atoms with van der Waals surface area (Å²) >= 11 is 1.71. The molecule has 0 radical (unpaired) electrons. The first kappa shape index (κ1) is 20.7. The summed E-state index contributed by atoms with van der Waals surface area (Å²) in [5.74, 6) is -0.202. The lowest BCUT2D eigenvalue weighted by Crippen LogP contribution is -2.39. The topological polar surface area (TPSA) is 114 Å². The number of anilines is 2. The summed E-state index contributed by atoms with van der Waals surface area (Å²) in [6.07, 6.45) is 2.85. The van der Waals surface area contributed by atoms with Crippen LogP contribution in [0.25, 0.3) is 0 Å². The number of carbonyl (C=O) groups excluding carboxylic acids is 2. The van der Waals surface area contributed by atoms with Crippen LogP contribution in [0.15, 0.2) is 48.5 Å². The van der Waals surface area contributed by atoms with E-state index in [4.69, 9.17) is 16.5 Å². The van der Waals surface area contributed by atoms with Gasteiger partial charge in [-0.2, -0.15) is 0 Å². The second-order valence-corrected chi connectivity index (χ2v) is 9.44. The van der Waals surface area contributed by atoms with Gasteiger partial charge < -0.3 is 21.7 Å². The third-order valence-corrected chi connectivity index (χ3v) is 7.61. The van der Waals surface area contributed by atoms with E-state index in [-0.39, 0.29) is 23.8 Å². The quantitative estimate of drug-likeness (QED) is 0.520. The molecule has 0 spiro atoms. The number of carbonyl (C=O) groups is 2. The predicted octanol–water partition coefficient (Wildman–Crippen LogP) is 2.90. The molecule has 1 saturated carbocycles. The average Bonchev–Trinajstić information content (AvgIpc) is 3.52. The molecule has 32 heavy (non-hydrogen) atoms. The SMILES string of the molecule is NCC(=O)N1CCc2nc(C3(c4ccc(C(=O)Nc5ccccc5N)cc4)CC3)sc2C1. The summed E-state index contributed by atoms with van der Waals surface area (Å²) in [6.45, 7) is 1.32. The molecular weight excluding hydrogens is 422 g/mol. The van der Waals surface area contributed by atoms with E-state index < -0.39 is 0 Å². The Morgan fingerprint density at radius 1 is 1.12 bits per heavy atom. The normalized spacial score (nSPS) is 16.3. The number of nitrogens with one attached hydrogen (secondary N) is 1. The third kappa shape index (κ3) is 3.65. The van der Waals surface area contributed by atoms with Gasteiger partial charge in [0.2, 0.25) is 5.91 Å². The highest BCUT2D eigenvalue weighted by Crippen LogP contribution is 2.55. The zero-order chi connectivity index (χ0) is 22.3. The number of hydrogen-bond donors (Lipinski definition) is 3. The van der Waals surface area contributed by atoms with Crippen LogP contribution in [0.1, 0.15) is 44.3 Å². The molecule has 1 aromatic heterocycles. The number of benzene rings is 2. The summed E-state index contributed by atoms with van der Waals surface area (Å²) in [4.78, 5) is 32.6. The van der Waals surface area contributed by atoms with Crippen molar-refractivity contribution in [2.75, 3.05) is 24.1 Å². The monoisotopic (exact) mass is 447 g/mol. The number of rotatable bonds is 5. The average molecular weight is 448 g/mol. The largest absolute Gasteiger partial charge is 0.397 e. The van der Waals surface area contributed by atoms with Gasteiger partial charge in [-0.3, -0.25) is 9.59 Å². The number of aromatic nitrogens is 1. The Kier molecular flexibility index (Phi) is 5.19. The Morgan fingerprint density at radius 2 is 1.88 bits per heavy atom. The van der Waals surface area contributed by atoms with Gasteiger partial charge in [-0.1, -0.05) is 24.3 Å². The summed E-state index contributed by atoms with van der Waals surface area (Å²) < 4.78 is 0. The number of para-hydroxylation sites is 2. The van der Waals surface area contributed by atoms with E-state index in [2.05, 4.69) is 5.32 Å². The van der Waals surface area contributed by atoms with Crippen molar-refractivity contribution >= 4 is 34.5 Å². The summed E-state index contributed by atoms with van der Waals surface area (Å²) in [6, 6.07) is 15.0. The van der Waals surface area contributed by atoms with Gasteiger partial charge in [-0.15, -0.1) is 11.3 Å². The summed E-state index contributed by atoms with van der Waals surface area (Å²) in [5.41, 5.74) is 15.4. The maximum absolute atomic E-state index is 12.6. The van der Waals surface area contributed by atoms with Crippen molar-refractivity contribution in [1.29, 1.82) is 0 Å². The van der Waals surface area contributed by atoms with E-state index >= 15 is 0 Å². The minimum Gasteiger partial charge on any atom is -0.397 e. The van der Waals surface area contributed by atoms with E-state index in [9.17, 15) is 9.59 Å². The highest BCUT2D eigenvalue weighted by atomic mass is 32.1. The molecule has 2 amide bonds. The predicted molar refractivity (Wildman–Crippen MR) is 126 cm³/mol. The lowest BCUT2D eigenvalue weighted by Gasteiger charge is -2.25. The Labute approximate surface area is 190 Å². The maximum Gasteiger partial charge on any atom is 0.255 e. The molecular formula is C24H25N5O2S. The molecule has 0 bridgehead atoms. The third-order valence-electron chi connectivity index (χ3n) is 6.33. The van der Waals surface area contributed by atoms with Crippen LogP contribution >= 0.6 is 11.3 Å². The van der Waals surface area contributed by atoms with Gasteiger partial charge in [-0.05, 0) is 42.7 Å². The number of thiazole rings is 1. The molecule has 7 nitrogen and oxygen atoms in total. The van der Waals surface area contributed by atoms with Gasteiger partial charge in [0.25, 0.3) is 5.91 Å². The van der Waals surface area contributed by atoms with Crippen molar-refractivity contribution in [3.63, 3.8) is 0 Å². The Morgan fingerprint density at radius 3 is 2.56 bits per heavy atom. The summed E-state index contributed by atoms with van der Waals surface area (Å²) in [5, 5.41) is 3.98. The van der Waals surface area contributed by atoms with Crippen molar-refractivity contribution in [3.8, 4) is 0 Å². The van der Waals surface area contributed by atoms with Crippen LogP contribution < -0.4 is 16.8 Å². The molecule has 1 aliphatic heterocycles. The molecule has 2 aliphatic rings. The van der Waals surface area contributed by atoms with Gasteiger partial charge in [0, 0.05) is 28.8 Å². The number of hydrogen-bond acceptors (Lipinski definition) is 6. The molecule has 0 unspecified atom stereocenters. The van der Waals surface area contributed by atoms with E-state index in [1.54, 1.807) is 23.5 Å². The molecule has 0 saturated heterocycles. The minimum atomic E-state index is -0.186. The Bertz CT molecular complexity index is 1180. The van der Waals surface area contributed by atoms with Crippen LogP contribution in [-0.2, 0) is 23.2 Å². The number of nitrogens with two attached hydrogens (primary N) is 2. The highest BCUT2D eigenvalue weighted by molar-refractivity contribution is 7.12. The number of amides is 2. The maximum atomic E-state index is 12.6. The van der Waals surface area contributed by atoms with Gasteiger partial charge in [0.15, 0.2) is 0 Å². The Balaban J connectivity index is 1.34. The van der Waals surface area contributed by atoms with E-state index in [1.807, 2.05) is 41.3 Å². The molecule has 5 rings (SSSR count). The van der Waals surface area contributed by atoms with Crippen LogP contribution in [0.3, 0.4) is 0 Å². The fraction of sp³-hybridized carbons (Fsp3) is 0.292. The van der Waals surface area contributed by atoms with Crippen molar-refractivity contribution in [3.05, 3.63) is 75.2 Å². The smallest absolute Gasteiger partial charge is 0.255 e.